The number of morpholine rings is 1. The molecule has 0 aliphatic carbocycles. The van der Waals surface area contributed by atoms with Gasteiger partial charge < -0.3 is 29.3 Å². The molecule has 4 aliphatic rings. The van der Waals surface area contributed by atoms with Crippen LogP contribution in [0.3, 0.4) is 0 Å². The van der Waals surface area contributed by atoms with E-state index in [1.54, 1.807) is 22.0 Å². The number of aliphatic hydroxyl groups excluding tert-OH is 1. The second-order valence-electron chi connectivity index (χ2n) is 12.7. The number of fused-ring (bicyclic) bond motifs is 1. The molecule has 1 aromatic carbocycles. The maximum absolute atomic E-state index is 14.6. The van der Waals surface area contributed by atoms with Gasteiger partial charge in [-0.05, 0) is 31.2 Å². The van der Waals surface area contributed by atoms with Crippen LogP contribution >= 0.6 is 0 Å². The molecule has 10 heteroatoms. The minimum absolute atomic E-state index is 0.116. The Bertz CT molecular complexity index is 1190. The summed E-state index contributed by atoms with van der Waals surface area (Å²) in [6.07, 6.45) is 7.36. The van der Waals surface area contributed by atoms with E-state index < -0.39 is 29.6 Å². The second-order valence-corrected chi connectivity index (χ2v) is 12.7. The van der Waals surface area contributed by atoms with Crippen LogP contribution in [0.25, 0.3) is 0 Å². The minimum Gasteiger partial charge on any atom is -0.396 e. The highest BCUT2D eigenvalue weighted by Gasteiger charge is 2.74. The molecule has 45 heavy (non-hydrogen) atoms. The Labute approximate surface area is 267 Å². The predicted molar refractivity (Wildman–Crippen MR) is 171 cm³/mol. The van der Waals surface area contributed by atoms with Crippen LogP contribution in [0.5, 0.6) is 0 Å². The first-order chi connectivity index (χ1) is 21.9. The van der Waals surface area contributed by atoms with E-state index in [4.69, 9.17) is 9.47 Å². The van der Waals surface area contributed by atoms with E-state index in [-0.39, 0.29) is 24.3 Å². The van der Waals surface area contributed by atoms with E-state index in [0.717, 1.165) is 31.5 Å². The van der Waals surface area contributed by atoms with Gasteiger partial charge in [-0.15, -0.1) is 13.2 Å². The molecular formula is C35H50N4O6. The van der Waals surface area contributed by atoms with Gasteiger partial charge in [-0.3, -0.25) is 19.3 Å². The lowest BCUT2D eigenvalue weighted by molar-refractivity contribution is -0.149. The van der Waals surface area contributed by atoms with Crippen LogP contribution in [0.15, 0.2) is 55.6 Å². The number of amides is 3. The SMILES string of the molecule is C=CCN(CCN1CCOCC1)C(=O)C1N(CCCCCCO)C(=O)[C@@H]2[C@H](C(=O)N(CC=C)Cc3ccccc3)[C@@H]3CCC12O3. The van der Waals surface area contributed by atoms with Crippen LogP contribution in [-0.4, -0.2) is 126 Å². The van der Waals surface area contributed by atoms with Crippen molar-refractivity contribution in [1.29, 1.82) is 0 Å². The quantitative estimate of drug-likeness (QED) is 0.210. The molecule has 10 nitrogen and oxygen atoms in total. The standard InChI is InChI=1S/C35H50N4O6/c1-3-16-37(20-19-36-21-24-44-25-22-36)34(43)31-35-15-14-28(45-35)29(30(35)33(42)39(31)18-10-5-6-11-23-40)32(41)38(17-4-2)26-27-12-8-7-9-13-27/h3-4,7-9,12-13,28-31,40H,1-2,5-6,10-11,14-26H2/t28-,29+,30-,31?,35?/m0/s1. The maximum Gasteiger partial charge on any atom is 0.248 e. The number of benzene rings is 1. The largest absolute Gasteiger partial charge is 0.396 e. The van der Waals surface area contributed by atoms with Crippen molar-refractivity contribution in [1.82, 2.24) is 19.6 Å². The molecular weight excluding hydrogens is 572 g/mol. The van der Waals surface area contributed by atoms with E-state index >= 15 is 0 Å². The molecule has 0 saturated carbocycles. The molecule has 4 heterocycles. The van der Waals surface area contributed by atoms with Crippen LogP contribution < -0.4 is 0 Å². The van der Waals surface area contributed by atoms with Crippen molar-refractivity contribution in [2.75, 3.05) is 65.6 Å². The number of aliphatic hydroxyl groups is 1. The number of carbonyl (C=O) groups excluding carboxylic acids is 3. The first kappa shape index (κ1) is 33.3. The average molecular weight is 623 g/mol. The van der Waals surface area contributed by atoms with Crippen molar-refractivity contribution in [3.8, 4) is 0 Å². The van der Waals surface area contributed by atoms with Crippen LogP contribution in [0.4, 0.5) is 0 Å². The molecule has 4 saturated heterocycles. The molecule has 1 aromatic rings. The van der Waals surface area contributed by atoms with Crippen LogP contribution in [0, 0.1) is 11.8 Å². The summed E-state index contributed by atoms with van der Waals surface area (Å²) in [4.78, 5) is 51.0. The average Bonchev–Trinajstić information content (AvgIpc) is 3.70. The van der Waals surface area contributed by atoms with Crippen LogP contribution in [0.2, 0.25) is 0 Å². The summed E-state index contributed by atoms with van der Waals surface area (Å²) in [6.45, 7) is 13.7. The number of rotatable bonds is 17. The zero-order chi connectivity index (χ0) is 31.8. The van der Waals surface area contributed by atoms with Gasteiger partial charge in [0, 0.05) is 59.0 Å². The maximum atomic E-state index is 14.6. The lowest BCUT2D eigenvalue weighted by Gasteiger charge is -2.37. The Morgan fingerprint density at radius 1 is 0.978 bits per heavy atom. The smallest absolute Gasteiger partial charge is 0.248 e. The van der Waals surface area contributed by atoms with Gasteiger partial charge in [0.15, 0.2) is 0 Å². The van der Waals surface area contributed by atoms with E-state index in [1.807, 2.05) is 35.2 Å². The van der Waals surface area contributed by atoms with Gasteiger partial charge >= 0.3 is 0 Å². The fourth-order valence-corrected chi connectivity index (χ4v) is 7.81. The first-order valence-corrected chi connectivity index (χ1v) is 16.7. The second kappa shape index (κ2) is 15.5. The third kappa shape index (κ3) is 7.04. The molecule has 3 amide bonds. The normalized spacial score (nSPS) is 27.4. The Kier molecular flexibility index (Phi) is 11.5. The number of hydrogen-bond donors (Lipinski definition) is 1. The molecule has 0 radical (unpaired) electrons. The zero-order valence-corrected chi connectivity index (χ0v) is 26.6. The highest BCUT2D eigenvalue weighted by Crippen LogP contribution is 2.59. The van der Waals surface area contributed by atoms with Crippen molar-refractivity contribution >= 4 is 17.7 Å². The van der Waals surface area contributed by atoms with Crippen LogP contribution in [-0.2, 0) is 30.4 Å². The highest BCUT2D eigenvalue weighted by molar-refractivity contribution is 5.99. The first-order valence-electron chi connectivity index (χ1n) is 16.7. The molecule has 5 atom stereocenters. The summed E-state index contributed by atoms with van der Waals surface area (Å²) < 4.78 is 12.2. The third-order valence-corrected chi connectivity index (χ3v) is 9.95. The minimum atomic E-state index is -1.03. The molecule has 4 fully saturated rings. The summed E-state index contributed by atoms with van der Waals surface area (Å²) in [5.41, 5.74) is -0.0305. The van der Waals surface area contributed by atoms with Crippen molar-refractivity contribution in [2.45, 2.75) is 62.8 Å². The molecule has 246 valence electrons. The van der Waals surface area contributed by atoms with E-state index in [2.05, 4.69) is 18.1 Å². The highest BCUT2D eigenvalue weighted by atomic mass is 16.5. The van der Waals surface area contributed by atoms with Gasteiger partial charge in [0.25, 0.3) is 0 Å². The van der Waals surface area contributed by atoms with Gasteiger partial charge in [0.05, 0.1) is 31.2 Å². The van der Waals surface area contributed by atoms with E-state index in [9.17, 15) is 19.5 Å². The summed E-state index contributed by atoms with van der Waals surface area (Å²) in [5, 5.41) is 9.24. The van der Waals surface area contributed by atoms with E-state index in [1.165, 1.54) is 0 Å². The van der Waals surface area contributed by atoms with Gasteiger partial charge in [-0.2, -0.15) is 0 Å². The summed E-state index contributed by atoms with van der Waals surface area (Å²) in [7, 11) is 0. The number of hydrogen-bond acceptors (Lipinski definition) is 7. The summed E-state index contributed by atoms with van der Waals surface area (Å²) >= 11 is 0. The lowest BCUT2D eigenvalue weighted by Crippen LogP contribution is -2.57. The van der Waals surface area contributed by atoms with Gasteiger partial charge in [-0.1, -0.05) is 55.3 Å². The van der Waals surface area contributed by atoms with Crippen LogP contribution in [0.1, 0.15) is 44.1 Å². The predicted octanol–water partition coefficient (Wildman–Crippen LogP) is 2.48. The van der Waals surface area contributed by atoms with Crippen molar-refractivity contribution in [3.63, 3.8) is 0 Å². The van der Waals surface area contributed by atoms with Gasteiger partial charge in [0.1, 0.15) is 11.6 Å². The van der Waals surface area contributed by atoms with Gasteiger partial charge in [-0.25, -0.2) is 0 Å². The molecule has 0 aromatic heterocycles. The monoisotopic (exact) mass is 622 g/mol. The topological polar surface area (TPSA) is 103 Å². The third-order valence-electron chi connectivity index (χ3n) is 9.95. The molecule has 5 rings (SSSR count). The summed E-state index contributed by atoms with van der Waals surface area (Å²) in [6, 6.07) is 9.03. The zero-order valence-electron chi connectivity index (χ0n) is 26.6. The fourth-order valence-electron chi connectivity index (χ4n) is 7.81. The summed E-state index contributed by atoms with van der Waals surface area (Å²) in [5.74, 6) is -1.75. The fraction of sp³-hybridized carbons (Fsp3) is 0.629. The number of likely N-dealkylation sites (tertiary alicyclic amines) is 1. The van der Waals surface area contributed by atoms with Crippen molar-refractivity contribution < 1.29 is 29.0 Å². The number of ether oxygens (including phenoxy) is 2. The Morgan fingerprint density at radius 2 is 1.69 bits per heavy atom. The lowest BCUT2D eigenvalue weighted by atomic mass is 9.70. The molecule has 4 aliphatic heterocycles. The van der Waals surface area contributed by atoms with Crippen molar-refractivity contribution in [2.24, 2.45) is 11.8 Å². The number of carbonyl (C=O) groups is 3. The van der Waals surface area contributed by atoms with E-state index in [0.29, 0.717) is 78.2 Å². The molecule has 1 spiro atoms. The Balaban J connectivity index is 1.41. The number of unbranched alkanes of at least 4 members (excludes halogenated alkanes) is 3. The molecule has 1 N–H and O–H groups in total. The Morgan fingerprint density at radius 3 is 2.40 bits per heavy atom. The molecule has 2 bridgehead atoms. The molecule has 2 unspecified atom stereocenters. The van der Waals surface area contributed by atoms with Crippen molar-refractivity contribution in [3.05, 3.63) is 61.2 Å². The number of nitrogens with zero attached hydrogens (tertiary/aromatic N) is 4. The Hall–Kier alpha value is -3.05. The van der Waals surface area contributed by atoms with Gasteiger partial charge in [0.2, 0.25) is 17.7 Å².